The molecule has 0 bridgehead atoms. The molecular formula is C18H22N2OS. The minimum atomic E-state index is -0.113. The van der Waals surface area contributed by atoms with Crippen molar-refractivity contribution >= 4 is 29.0 Å². The lowest BCUT2D eigenvalue weighted by molar-refractivity contribution is -0.115. The van der Waals surface area contributed by atoms with E-state index in [4.69, 9.17) is 5.73 Å². The summed E-state index contributed by atoms with van der Waals surface area (Å²) >= 11 is 1.62. The van der Waals surface area contributed by atoms with Gasteiger partial charge in [0, 0.05) is 17.1 Å². The Labute approximate surface area is 136 Å². The van der Waals surface area contributed by atoms with Gasteiger partial charge in [0.15, 0.2) is 0 Å². The number of amides is 1. The number of carbonyl (C=O) groups is 1. The molecule has 116 valence electrons. The van der Waals surface area contributed by atoms with Crippen LogP contribution in [0.15, 0.2) is 42.5 Å². The van der Waals surface area contributed by atoms with E-state index in [1.165, 1.54) is 11.1 Å². The lowest BCUT2D eigenvalue weighted by atomic mass is 10.1. The molecule has 0 fully saturated rings. The van der Waals surface area contributed by atoms with Crippen LogP contribution < -0.4 is 11.1 Å². The van der Waals surface area contributed by atoms with Crippen LogP contribution in [0.1, 0.15) is 23.6 Å². The Morgan fingerprint density at radius 3 is 2.55 bits per heavy atom. The number of benzene rings is 2. The van der Waals surface area contributed by atoms with Gasteiger partial charge in [0.1, 0.15) is 0 Å². The quantitative estimate of drug-likeness (QED) is 0.815. The highest BCUT2D eigenvalue weighted by Crippen LogP contribution is 2.22. The fraction of sp³-hybridized carbons (Fsp3) is 0.278. The normalized spacial score (nSPS) is 12.0. The Morgan fingerprint density at radius 1 is 1.18 bits per heavy atom. The SMILES string of the molecule is Cc1cccc(NC(=O)C(C)SCc2ccc(N)cc2)c1C. The predicted octanol–water partition coefficient (Wildman–Crippen LogP) is 4.15. The maximum Gasteiger partial charge on any atom is 0.237 e. The minimum Gasteiger partial charge on any atom is -0.399 e. The van der Waals surface area contributed by atoms with Crippen molar-refractivity contribution in [2.75, 3.05) is 11.1 Å². The van der Waals surface area contributed by atoms with Crippen LogP contribution in [0.2, 0.25) is 0 Å². The second kappa shape index (κ2) is 7.36. The fourth-order valence-corrected chi connectivity index (χ4v) is 2.88. The second-order valence-electron chi connectivity index (χ2n) is 5.43. The van der Waals surface area contributed by atoms with Crippen LogP contribution in [0.5, 0.6) is 0 Å². The molecular weight excluding hydrogens is 292 g/mol. The van der Waals surface area contributed by atoms with Gasteiger partial charge in [-0.2, -0.15) is 0 Å². The average molecular weight is 314 g/mol. The van der Waals surface area contributed by atoms with Crippen LogP contribution in [0.25, 0.3) is 0 Å². The zero-order valence-corrected chi connectivity index (χ0v) is 14.0. The Balaban J connectivity index is 1.92. The number of aryl methyl sites for hydroxylation is 1. The summed E-state index contributed by atoms with van der Waals surface area (Å²) in [6.07, 6.45) is 0. The Kier molecular flexibility index (Phi) is 5.50. The van der Waals surface area contributed by atoms with Gasteiger partial charge in [0.2, 0.25) is 5.91 Å². The van der Waals surface area contributed by atoms with Gasteiger partial charge >= 0.3 is 0 Å². The summed E-state index contributed by atoms with van der Waals surface area (Å²) in [5, 5.41) is 2.90. The van der Waals surface area contributed by atoms with Gasteiger partial charge in [0.25, 0.3) is 0 Å². The van der Waals surface area contributed by atoms with Crippen LogP contribution in [0, 0.1) is 13.8 Å². The van der Waals surface area contributed by atoms with E-state index in [0.717, 1.165) is 22.7 Å². The van der Waals surface area contributed by atoms with E-state index in [1.807, 2.05) is 63.2 Å². The highest BCUT2D eigenvalue weighted by atomic mass is 32.2. The van der Waals surface area contributed by atoms with Crippen LogP contribution in [-0.2, 0) is 10.5 Å². The molecule has 0 heterocycles. The number of nitrogens with one attached hydrogen (secondary N) is 1. The molecule has 0 aliphatic carbocycles. The van der Waals surface area contributed by atoms with Gasteiger partial charge in [-0.3, -0.25) is 4.79 Å². The fourth-order valence-electron chi connectivity index (χ4n) is 2.03. The summed E-state index contributed by atoms with van der Waals surface area (Å²) in [7, 11) is 0. The minimum absolute atomic E-state index is 0.0362. The summed E-state index contributed by atoms with van der Waals surface area (Å²) < 4.78 is 0. The van der Waals surface area contributed by atoms with E-state index >= 15 is 0 Å². The molecule has 3 N–H and O–H groups in total. The van der Waals surface area contributed by atoms with Gasteiger partial charge in [0.05, 0.1) is 5.25 Å². The smallest absolute Gasteiger partial charge is 0.237 e. The number of anilines is 2. The van der Waals surface area contributed by atoms with Crippen molar-refractivity contribution in [2.45, 2.75) is 31.8 Å². The topological polar surface area (TPSA) is 55.1 Å². The van der Waals surface area contributed by atoms with Crippen molar-refractivity contribution < 1.29 is 4.79 Å². The van der Waals surface area contributed by atoms with E-state index < -0.39 is 0 Å². The molecule has 3 nitrogen and oxygen atoms in total. The summed E-state index contributed by atoms with van der Waals surface area (Å²) in [6.45, 7) is 6.00. The van der Waals surface area contributed by atoms with Gasteiger partial charge < -0.3 is 11.1 Å². The third kappa shape index (κ3) is 4.28. The molecule has 0 radical (unpaired) electrons. The molecule has 0 aromatic heterocycles. The predicted molar refractivity (Wildman–Crippen MR) is 96.2 cm³/mol. The average Bonchev–Trinajstić information content (AvgIpc) is 2.51. The molecule has 0 aliphatic heterocycles. The van der Waals surface area contributed by atoms with Crippen molar-refractivity contribution in [1.82, 2.24) is 0 Å². The van der Waals surface area contributed by atoms with Crippen LogP contribution in [0.4, 0.5) is 11.4 Å². The highest BCUT2D eigenvalue weighted by molar-refractivity contribution is 7.99. The van der Waals surface area contributed by atoms with E-state index in [-0.39, 0.29) is 11.2 Å². The maximum absolute atomic E-state index is 12.3. The lowest BCUT2D eigenvalue weighted by Gasteiger charge is -2.14. The highest BCUT2D eigenvalue weighted by Gasteiger charge is 2.14. The Morgan fingerprint density at radius 2 is 1.86 bits per heavy atom. The van der Waals surface area contributed by atoms with Crippen LogP contribution in [-0.4, -0.2) is 11.2 Å². The maximum atomic E-state index is 12.3. The van der Waals surface area contributed by atoms with E-state index in [2.05, 4.69) is 5.32 Å². The Hall–Kier alpha value is -1.94. The largest absolute Gasteiger partial charge is 0.399 e. The molecule has 0 saturated heterocycles. The molecule has 1 atom stereocenters. The number of nitrogen functional groups attached to an aromatic ring is 1. The van der Waals surface area contributed by atoms with Crippen molar-refractivity contribution in [2.24, 2.45) is 0 Å². The summed E-state index contributed by atoms with van der Waals surface area (Å²) in [5.41, 5.74) is 10.8. The van der Waals surface area contributed by atoms with Gasteiger partial charge in [-0.25, -0.2) is 0 Å². The van der Waals surface area contributed by atoms with E-state index in [9.17, 15) is 4.79 Å². The van der Waals surface area contributed by atoms with Crippen molar-refractivity contribution in [3.63, 3.8) is 0 Å². The van der Waals surface area contributed by atoms with E-state index in [0.29, 0.717) is 0 Å². The first-order valence-corrected chi connectivity index (χ1v) is 8.35. The third-order valence-corrected chi connectivity index (χ3v) is 4.93. The summed E-state index contributed by atoms with van der Waals surface area (Å²) in [5.74, 6) is 0.830. The Bertz CT molecular complexity index is 653. The van der Waals surface area contributed by atoms with Gasteiger partial charge in [-0.1, -0.05) is 24.3 Å². The number of hydrogen-bond donors (Lipinski definition) is 2. The first-order chi connectivity index (χ1) is 10.5. The van der Waals surface area contributed by atoms with Gasteiger partial charge in [-0.05, 0) is 55.7 Å². The second-order valence-corrected chi connectivity index (χ2v) is 6.76. The number of thioether (sulfide) groups is 1. The molecule has 4 heteroatoms. The molecule has 2 aromatic carbocycles. The molecule has 1 amide bonds. The number of hydrogen-bond acceptors (Lipinski definition) is 3. The molecule has 1 unspecified atom stereocenters. The van der Waals surface area contributed by atoms with Crippen LogP contribution in [0.3, 0.4) is 0 Å². The molecule has 2 aromatic rings. The zero-order valence-electron chi connectivity index (χ0n) is 13.2. The number of nitrogens with two attached hydrogens (primary N) is 1. The molecule has 0 saturated carbocycles. The first kappa shape index (κ1) is 16.4. The standard InChI is InChI=1S/C18H22N2OS/c1-12-5-4-6-17(13(12)2)20-18(21)14(3)22-11-15-7-9-16(19)10-8-15/h4-10,14H,11,19H2,1-3H3,(H,20,21). The molecule has 2 rings (SSSR count). The summed E-state index contributed by atoms with van der Waals surface area (Å²) in [6, 6.07) is 13.7. The van der Waals surface area contributed by atoms with Crippen molar-refractivity contribution in [3.05, 3.63) is 59.2 Å². The van der Waals surface area contributed by atoms with Crippen LogP contribution >= 0.6 is 11.8 Å². The number of carbonyl (C=O) groups excluding carboxylic acids is 1. The lowest BCUT2D eigenvalue weighted by Crippen LogP contribution is -2.23. The number of rotatable bonds is 5. The zero-order chi connectivity index (χ0) is 16.1. The third-order valence-electron chi connectivity index (χ3n) is 3.71. The van der Waals surface area contributed by atoms with Gasteiger partial charge in [-0.15, -0.1) is 11.8 Å². The van der Waals surface area contributed by atoms with Crippen molar-refractivity contribution in [1.29, 1.82) is 0 Å². The molecule has 22 heavy (non-hydrogen) atoms. The summed E-state index contributed by atoms with van der Waals surface area (Å²) in [4.78, 5) is 12.3. The first-order valence-electron chi connectivity index (χ1n) is 7.30. The molecule has 0 spiro atoms. The molecule has 0 aliphatic rings. The van der Waals surface area contributed by atoms with Crippen molar-refractivity contribution in [3.8, 4) is 0 Å². The monoisotopic (exact) mass is 314 g/mol. The van der Waals surface area contributed by atoms with E-state index in [1.54, 1.807) is 11.8 Å².